The van der Waals surface area contributed by atoms with E-state index in [-0.39, 0.29) is 17.6 Å². The molecule has 4 aromatic rings. The van der Waals surface area contributed by atoms with Crippen LogP contribution in [-0.4, -0.2) is 33.8 Å². The van der Waals surface area contributed by atoms with E-state index in [0.717, 1.165) is 46.1 Å². The van der Waals surface area contributed by atoms with Crippen molar-refractivity contribution >= 4 is 32.7 Å². The van der Waals surface area contributed by atoms with Gasteiger partial charge in [0.1, 0.15) is 5.82 Å². The molecule has 0 aliphatic carbocycles. The summed E-state index contributed by atoms with van der Waals surface area (Å²) in [5.41, 5.74) is 4.56. The molecule has 0 bridgehead atoms. The van der Waals surface area contributed by atoms with Crippen LogP contribution in [-0.2, 0) is 11.3 Å². The van der Waals surface area contributed by atoms with Crippen molar-refractivity contribution in [3.63, 3.8) is 0 Å². The Morgan fingerprint density at radius 1 is 1.21 bits per heavy atom. The minimum Gasteiger partial charge on any atom is -0.352 e. The minimum atomic E-state index is -0.306. The normalized spacial score (nSPS) is 16.3. The van der Waals surface area contributed by atoms with Gasteiger partial charge in [0, 0.05) is 19.6 Å². The molecule has 1 aliphatic rings. The zero-order valence-electron chi connectivity index (χ0n) is 18.7. The summed E-state index contributed by atoms with van der Waals surface area (Å²) in [7, 11) is 0. The van der Waals surface area contributed by atoms with Gasteiger partial charge in [0.05, 0.1) is 22.0 Å². The van der Waals surface area contributed by atoms with Crippen molar-refractivity contribution in [1.29, 1.82) is 0 Å². The van der Waals surface area contributed by atoms with Gasteiger partial charge in [-0.15, -0.1) is 0 Å². The van der Waals surface area contributed by atoms with Gasteiger partial charge in [-0.05, 0) is 56.0 Å². The molecule has 0 radical (unpaired) electrons. The first-order chi connectivity index (χ1) is 16.0. The standard InChI is InChI=1S/C25H26FN5OS/c1-16-7-3-4-8-18(16)14-27-24(32)19-9-6-12-30(15-19)25-28-23-22(33-25)17(2)29-31(23)21-11-5-10-20(26)13-21/h3-5,7-8,10-11,13,19H,6,9,12,14-15H2,1-2H3,(H,27,32). The topological polar surface area (TPSA) is 63.1 Å². The first-order valence-electron chi connectivity index (χ1n) is 11.2. The van der Waals surface area contributed by atoms with E-state index in [1.807, 2.05) is 31.2 Å². The zero-order chi connectivity index (χ0) is 22.9. The second kappa shape index (κ2) is 8.94. The number of piperidine rings is 1. The van der Waals surface area contributed by atoms with Crippen LogP contribution in [0.1, 0.15) is 29.7 Å². The Hall–Kier alpha value is -3.26. The van der Waals surface area contributed by atoms with Crippen molar-refractivity contribution in [3.8, 4) is 5.69 Å². The number of rotatable bonds is 5. The van der Waals surface area contributed by atoms with Gasteiger partial charge < -0.3 is 10.2 Å². The number of amides is 1. The predicted molar refractivity (Wildman–Crippen MR) is 129 cm³/mol. The lowest BCUT2D eigenvalue weighted by Crippen LogP contribution is -2.43. The smallest absolute Gasteiger partial charge is 0.225 e. The van der Waals surface area contributed by atoms with Crippen molar-refractivity contribution in [2.75, 3.05) is 18.0 Å². The summed E-state index contributed by atoms with van der Waals surface area (Å²) in [6, 6.07) is 14.5. The maximum atomic E-state index is 13.8. The molecule has 170 valence electrons. The zero-order valence-corrected chi connectivity index (χ0v) is 19.5. The number of nitrogens with one attached hydrogen (secondary N) is 1. The van der Waals surface area contributed by atoms with Crippen molar-refractivity contribution in [2.24, 2.45) is 5.92 Å². The van der Waals surface area contributed by atoms with E-state index in [0.29, 0.717) is 18.8 Å². The summed E-state index contributed by atoms with van der Waals surface area (Å²) in [6.45, 7) is 6.06. The number of aromatic nitrogens is 3. The van der Waals surface area contributed by atoms with E-state index in [9.17, 15) is 9.18 Å². The van der Waals surface area contributed by atoms with Crippen molar-refractivity contribution in [2.45, 2.75) is 33.2 Å². The van der Waals surface area contributed by atoms with Crippen LogP contribution in [0.2, 0.25) is 0 Å². The summed E-state index contributed by atoms with van der Waals surface area (Å²) in [4.78, 5) is 20.0. The number of carbonyl (C=O) groups excluding carboxylic acids is 1. The van der Waals surface area contributed by atoms with E-state index < -0.39 is 0 Å². The Morgan fingerprint density at radius 2 is 2.06 bits per heavy atom. The van der Waals surface area contributed by atoms with Crippen LogP contribution in [0, 0.1) is 25.6 Å². The minimum absolute atomic E-state index is 0.0735. The Bertz CT molecular complexity index is 1310. The van der Waals surface area contributed by atoms with Gasteiger partial charge in [0.2, 0.25) is 5.91 Å². The maximum absolute atomic E-state index is 13.8. The van der Waals surface area contributed by atoms with Gasteiger partial charge >= 0.3 is 0 Å². The van der Waals surface area contributed by atoms with Crippen LogP contribution in [0.25, 0.3) is 16.0 Å². The quantitative estimate of drug-likeness (QED) is 0.463. The fraction of sp³-hybridized carbons (Fsp3) is 0.320. The monoisotopic (exact) mass is 463 g/mol. The third kappa shape index (κ3) is 4.35. The average Bonchev–Trinajstić information content (AvgIpc) is 3.39. The predicted octanol–water partition coefficient (Wildman–Crippen LogP) is 4.77. The van der Waals surface area contributed by atoms with E-state index >= 15 is 0 Å². The highest BCUT2D eigenvalue weighted by Crippen LogP contribution is 2.34. The van der Waals surface area contributed by atoms with Gasteiger partial charge in [-0.1, -0.05) is 41.7 Å². The van der Waals surface area contributed by atoms with E-state index in [1.54, 1.807) is 22.1 Å². The molecule has 6 nitrogen and oxygen atoms in total. The number of hydrogen-bond acceptors (Lipinski definition) is 5. The molecule has 8 heteroatoms. The van der Waals surface area contributed by atoms with Crippen LogP contribution in [0.5, 0.6) is 0 Å². The molecular formula is C25H26FN5OS. The number of nitrogens with zero attached hydrogens (tertiary/aromatic N) is 4. The van der Waals surface area contributed by atoms with Crippen LogP contribution >= 0.6 is 11.3 Å². The van der Waals surface area contributed by atoms with Crippen LogP contribution in [0.15, 0.2) is 48.5 Å². The highest BCUT2D eigenvalue weighted by atomic mass is 32.1. The number of benzene rings is 2. The van der Waals surface area contributed by atoms with Gasteiger partial charge in [0.25, 0.3) is 0 Å². The number of anilines is 1. The number of hydrogen-bond donors (Lipinski definition) is 1. The summed E-state index contributed by atoms with van der Waals surface area (Å²) < 4.78 is 16.4. The molecule has 2 aromatic carbocycles. The number of thiazole rings is 1. The highest BCUT2D eigenvalue weighted by molar-refractivity contribution is 7.22. The molecular weight excluding hydrogens is 437 g/mol. The SMILES string of the molecule is Cc1ccccc1CNC(=O)C1CCCN(c2nc3c(s2)c(C)nn3-c2cccc(F)c2)C1. The first kappa shape index (κ1) is 21.6. The summed E-state index contributed by atoms with van der Waals surface area (Å²) in [5.74, 6) is -0.290. The molecule has 1 atom stereocenters. The third-order valence-electron chi connectivity index (χ3n) is 6.21. The average molecular weight is 464 g/mol. The van der Waals surface area contributed by atoms with Crippen LogP contribution in [0.3, 0.4) is 0 Å². The molecule has 1 saturated heterocycles. The first-order valence-corrected chi connectivity index (χ1v) is 12.0. The lowest BCUT2D eigenvalue weighted by Gasteiger charge is -2.31. The Kier molecular flexibility index (Phi) is 5.85. The van der Waals surface area contributed by atoms with Crippen LogP contribution < -0.4 is 10.2 Å². The van der Waals surface area contributed by atoms with Crippen molar-refractivity contribution < 1.29 is 9.18 Å². The molecule has 1 unspecified atom stereocenters. The molecule has 3 heterocycles. The van der Waals surface area contributed by atoms with E-state index in [1.165, 1.54) is 17.7 Å². The molecule has 1 aliphatic heterocycles. The molecule has 1 fully saturated rings. The third-order valence-corrected chi connectivity index (χ3v) is 7.42. The summed E-state index contributed by atoms with van der Waals surface area (Å²) >= 11 is 1.58. The molecule has 5 rings (SSSR count). The van der Waals surface area contributed by atoms with Crippen LogP contribution in [0.4, 0.5) is 9.52 Å². The number of carbonyl (C=O) groups is 1. The molecule has 0 spiro atoms. The molecule has 0 saturated carbocycles. The Labute approximate surface area is 196 Å². The highest BCUT2D eigenvalue weighted by Gasteiger charge is 2.28. The number of fused-ring (bicyclic) bond motifs is 1. The van der Waals surface area contributed by atoms with E-state index in [4.69, 9.17) is 4.98 Å². The number of halogens is 1. The molecule has 2 aromatic heterocycles. The largest absolute Gasteiger partial charge is 0.352 e. The maximum Gasteiger partial charge on any atom is 0.225 e. The Morgan fingerprint density at radius 3 is 2.88 bits per heavy atom. The summed E-state index contributed by atoms with van der Waals surface area (Å²) in [5, 5.41) is 8.56. The van der Waals surface area contributed by atoms with Gasteiger partial charge in [-0.3, -0.25) is 4.79 Å². The molecule has 33 heavy (non-hydrogen) atoms. The number of aryl methyl sites for hydroxylation is 2. The van der Waals surface area contributed by atoms with Gasteiger partial charge in [-0.2, -0.15) is 10.1 Å². The fourth-order valence-corrected chi connectivity index (χ4v) is 5.37. The van der Waals surface area contributed by atoms with Gasteiger partial charge in [-0.25, -0.2) is 9.07 Å². The lowest BCUT2D eigenvalue weighted by molar-refractivity contribution is -0.125. The summed E-state index contributed by atoms with van der Waals surface area (Å²) in [6.07, 6.45) is 1.81. The van der Waals surface area contributed by atoms with Crippen molar-refractivity contribution in [3.05, 3.63) is 71.2 Å². The molecule has 1 N–H and O–H groups in total. The van der Waals surface area contributed by atoms with Gasteiger partial charge in [0.15, 0.2) is 10.8 Å². The second-order valence-electron chi connectivity index (χ2n) is 8.56. The van der Waals surface area contributed by atoms with E-state index in [2.05, 4.69) is 28.3 Å². The molecule has 1 amide bonds. The lowest BCUT2D eigenvalue weighted by atomic mass is 9.97. The fourth-order valence-electron chi connectivity index (χ4n) is 4.35. The second-order valence-corrected chi connectivity index (χ2v) is 9.53. The van der Waals surface area contributed by atoms with Crippen molar-refractivity contribution in [1.82, 2.24) is 20.1 Å². The Balaban J connectivity index is 1.33.